The molecule has 2 fully saturated rings. The van der Waals surface area contributed by atoms with Gasteiger partial charge in [0.1, 0.15) is 0 Å². The topological polar surface area (TPSA) is 24.1 Å². The molecule has 0 amide bonds. The molecule has 0 spiro atoms. The zero-order valence-corrected chi connectivity index (χ0v) is 10.1. The van der Waals surface area contributed by atoms with Gasteiger partial charge >= 0.3 is 0 Å². The van der Waals surface area contributed by atoms with Crippen molar-refractivity contribution in [1.82, 2.24) is 10.6 Å². The molecule has 1 saturated heterocycles. The average Bonchev–Trinajstić information content (AvgIpc) is 2.32. The van der Waals surface area contributed by atoms with Gasteiger partial charge in [0.2, 0.25) is 0 Å². The van der Waals surface area contributed by atoms with Crippen LogP contribution < -0.4 is 10.6 Å². The average molecular weight is 210 g/mol. The molecule has 0 radical (unpaired) electrons. The van der Waals surface area contributed by atoms with Crippen LogP contribution >= 0.6 is 0 Å². The highest BCUT2D eigenvalue weighted by Crippen LogP contribution is 2.34. The predicted molar refractivity (Wildman–Crippen MR) is 65.1 cm³/mol. The third-order valence-corrected chi connectivity index (χ3v) is 4.50. The van der Waals surface area contributed by atoms with E-state index in [9.17, 15) is 0 Å². The van der Waals surface area contributed by atoms with Gasteiger partial charge in [-0.2, -0.15) is 0 Å². The molecule has 0 aromatic heterocycles. The lowest BCUT2D eigenvalue weighted by molar-refractivity contribution is 0.182. The van der Waals surface area contributed by atoms with Gasteiger partial charge in [-0.25, -0.2) is 0 Å². The van der Waals surface area contributed by atoms with Crippen LogP contribution in [0.2, 0.25) is 0 Å². The summed E-state index contributed by atoms with van der Waals surface area (Å²) in [5, 5.41) is 7.10. The first-order valence-corrected chi connectivity index (χ1v) is 6.74. The fourth-order valence-electron chi connectivity index (χ4n) is 3.41. The number of nitrogens with one attached hydrogen (secondary N) is 2. The first kappa shape index (κ1) is 11.4. The lowest BCUT2D eigenvalue weighted by atomic mass is 9.75. The van der Waals surface area contributed by atoms with E-state index in [0.717, 1.165) is 5.92 Å². The van der Waals surface area contributed by atoms with E-state index in [-0.39, 0.29) is 0 Å². The second-order valence-corrected chi connectivity index (χ2v) is 5.49. The van der Waals surface area contributed by atoms with Crippen LogP contribution in [-0.2, 0) is 0 Å². The van der Waals surface area contributed by atoms with Gasteiger partial charge in [-0.05, 0) is 45.3 Å². The highest BCUT2D eigenvalue weighted by atomic mass is 15.0. The number of hydrogen-bond donors (Lipinski definition) is 2. The highest BCUT2D eigenvalue weighted by molar-refractivity contribution is 4.93. The van der Waals surface area contributed by atoms with E-state index < -0.39 is 0 Å². The summed E-state index contributed by atoms with van der Waals surface area (Å²) in [6, 6.07) is 0. The maximum absolute atomic E-state index is 3.62. The molecule has 0 atom stereocenters. The maximum Gasteiger partial charge on any atom is 0.0205 e. The zero-order chi connectivity index (χ0) is 10.6. The third kappa shape index (κ3) is 2.94. The molecule has 2 heteroatoms. The Morgan fingerprint density at radius 1 is 1.13 bits per heavy atom. The van der Waals surface area contributed by atoms with Crippen molar-refractivity contribution < 1.29 is 0 Å². The maximum atomic E-state index is 3.62. The lowest BCUT2D eigenvalue weighted by Gasteiger charge is -2.41. The van der Waals surface area contributed by atoms with Gasteiger partial charge in [-0.3, -0.25) is 0 Å². The fourth-order valence-corrected chi connectivity index (χ4v) is 3.41. The van der Waals surface area contributed by atoms with Crippen LogP contribution in [0.4, 0.5) is 0 Å². The van der Waals surface area contributed by atoms with Crippen LogP contribution in [0.25, 0.3) is 0 Å². The summed E-state index contributed by atoms with van der Waals surface area (Å²) in [6.07, 6.45) is 11.5. The molecule has 1 aliphatic carbocycles. The van der Waals surface area contributed by atoms with E-state index in [1.807, 2.05) is 0 Å². The minimum absolute atomic E-state index is 0.466. The van der Waals surface area contributed by atoms with E-state index in [1.165, 1.54) is 64.5 Å². The van der Waals surface area contributed by atoms with Crippen molar-refractivity contribution in [1.29, 1.82) is 0 Å². The molecule has 2 rings (SSSR count). The molecule has 0 aromatic carbocycles. The summed E-state index contributed by atoms with van der Waals surface area (Å²) in [7, 11) is 2.16. The molecule has 2 N–H and O–H groups in total. The summed E-state index contributed by atoms with van der Waals surface area (Å²) < 4.78 is 0. The molecular formula is C13H26N2. The van der Waals surface area contributed by atoms with Gasteiger partial charge in [0.15, 0.2) is 0 Å². The molecule has 0 aromatic rings. The Labute approximate surface area is 94.2 Å². The molecule has 2 nitrogen and oxygen atoms in total. The van der Waals surface area contributed by atoms with Gasteiger partial charge in [-0.1, -0.05) is 32.1 Å². The van der Waals surface area contributed by atoms with E-state index in [2.05, 4.69) is 17.7 Å². The van der Waals surface area contributed by atoms with Gasteiger partial charge in [-0.15, -0.1) is 0 Å². The number of hydrogen-bond acceptors (Lipinski definition) is 2. The van der Waals surface area contributed by atoms with Gasteiger partial charge in [0.25, 0.3) is 0 Å². The molecule has 1 aliphatic heterocycles. The molecule has 1 heterocycles. The van der Waals surface area contributed by atoms with Crippen LogP contribution in [0.15, 0.2) is 0 Å². The Morgan fingerprint density at radius 3 is 2.40 bits per heavy atom. The van der Waals surface area contributed by atoms with Crippen molar-refractivity contribution in [3.63, 3.8) is 0 Å². The molecule has 88 valence electrons. The second kappa shape index (κ2) is 5.31. The molecule has 15 heavy (non-hydrogen) atoms. The second-order valence-electron chi connectivity index (χ2n) is 5.49. The quantitative estimate of drug-likeness (QED) is 0.747. The zero-order valence-electron chi connectivity index (χ0n) is 10.1. The van der Waals surface area contributed by atoms with E-state index >= 15 is 0 Å². The Hall–Kier alpha value is -0.0800. The highest BCUT2D eigenvalue weighted by Gasteiger charge is 2.33. The first-order chi connectivity index (χ1) is 7.35. The molecular weight excluding hydrogens is 184 g/mol. The van der Waals surface area contributed by atoms with Crippen molar-refractivity contribution >= 4 is 0 Å². The van der Waals surface area contributed by atoms with Crippen molar-refractivity contribution in [2.75, 3.05) is 20.1 Å². The van der Waals surface area contributed by atoms with Gasteiger partial charge < -0.3 is 10.6 Å². The SMILES string of the molecule is CNC1(CC2CCCCC2)CCNCC1. The van der Waals surface area contributed by atoms with E-state index in [1.54, 1.807) is 0 Å². The smallest absolute Gasteiger partial charge is 0.0205 e. The molecule has 0 unspecified atom stereocenters. The normalized spacial score (nSPS) is 27.8. The van der Waals surface area contributed by atoms with E-state index in [0.29, 0.717) is 5.54 Å². The number of piperidine rings is 1. The predicted octanol–water partition coefficient (Wildman–Crippen LogP) is 2.30. The minimum atomic E-state index is 0.466. The fraction of sp³-hybridized carbons (Fsp3) is 1.00. The van der Waals surface area contributed by atoms with Gasteiger partial charge in [0, 0.05) is 5.54 Å². The Balaban J connectivity index is 1.87. The summed E-state index contributed by atoms with van der Waals surface area (Å²) in [5.41, 5.74) is 0.466. The molecule has 0 bridgehead atoms. The largest absolute Gasteiger partial charge is 0.317 e. The van der Waals surface area contributed by atoms with Crippen LogP contribution in [0.5, 0.6) is 0 Å². The molecule has 2 aliphatic rings. The van der Waals surface area contributed by atoms with Crippen LogP contribution in [0.3, 0.4) is 0 Å². The standard InChI is InChI=1S/C13H26N2/c1-14-13(7-9-15-10-8-13)11-12-5-3-2-4-6-12/h12,14-15H,2-11H2,1H3. The first-order valence-electron chi connectivity index (χ1n) is 6.74. The summed E-state index contributed by atoms with van der Waals surface area (Å²) in [4.78, 5) is 0. The van der Waals surface area contributed by atoms with Crippen molar-refractivity contribution in [3.8, 4) is 0 Å². The monoisotopic (exact) mass is 210 g/mol. The van der Waals surface area contributed by atoms with Crippen LogP contribution in [0.1, 0.15) is 51.4 Å². The summed E-state index contributed by atoms with van der Waals surface area (Å²) >= 11 is 0. The van der Waals surface area contributed by atoms with Crippen molar-refractivity contribution in [3.05, 3.63) is 0 Å². The van der Waals surface area contributed by atoms with Gasteiger partial charge in [0.05, 0.1) is 0 Å². The minimum Gasteiger partial charge on any atom is -0.317 e. The van der Waals surface area contributed by atoms with E-state index in [4.69, 9.17) is 0 Å². The van der Waals surface area contributed by atoms with Crippen LogP contribution in [-0.4, -0.2) is 25.7 Å². The Kier molecular flexibility index (Phi) is 4.04. The van der Waals surface area contributed by atoms with Crippen molar-refractivity contribution in [2.24, 2.45) is 5.92 Å². The Bertz CT molecular complexity index is 179. The third-order valence-electron chi connectivity index (χ3n) is 4.50. The molecule has 1 saturated carbocycles. The lowest BCUT2D eigenvalue weighted by Crippen LogP contribution is -2.52. The van der Waals surface area contributed by atoms with Crippen LogP contribution in [0, 0.1) is 5.92 Å². The number of rotatable bonds is 3. The Morgan fingerprint density at radius 2 is 1.80 bits per heavy atom. The summed E-state index contributed by atoms with van der Waals surface area (Å²) in [6.45, 7) is 2.40. The summed E-state index contributed by atoms with van der Waals surface area (Å²) in [5.74, 6) is 1.00. The van der Waals surface area contributed by atoms with Crippen molar-refractivity contribution in [2.45, 2.75) is 56.9 Å².